The highest BCUT2D eigenvalue weighted by molar-refractivity contribution is 8.00. The minimum atomic E-state index is -5.04. The molecule has 4 aromatic rings. The summed E-state index contributed by atoms with van der Waals surface area (Å²) in [7, 11) is 0. The molecule has 58 heavy (non-hydrogen) atoms. The van der Waals surface area contributed by atoms with Gasteiger partial charge < -0.3 is 4.72 Å². The number of nitrogens with zero attached hydrogens (tertiary/aromatic N) is 5. The van der Waals surface area contributed by atoms with Crippen LogP contribution in [0.4, 0.5) is 49.7 Å². The second kappa shape index (κ2) is 15.0. The van der Waals surface area contributed by atoms with E-state index in [-0.39, 0.29) is 56.2 Å². The molecule has 0 radical (unpaired) electrons. The van der Waals surface area contributed by atoms with Gasteiger partial charge in [-0.25, -0.2) is 22.5 Å². The number of nitrogens with one attached hydrogen (secondary N) is 1. The summed E-state index contributed by atoms with van der Waals surface area (Å²) < 4.78 is 151. The summed E-state index contributed by atoms with van der Waals surface area (Å²) >= 11 is 9.08. The monoisotopic (exact) mass is 876 g/mol. The molecule has 0 amide bonds. The average Bonchev–Trinajstić information content (AvgIpc) is 3.35. The van der Waals surface area contributed by atoms with Gasteiger partial charge in [-0.1, -0.05) is 42.5 Å². The van der Waals surface area contributed by atoms with E-state index in [9.17, 15) is 35.1 Å². The van der Waals surface area contributed by atoms with Crippen molar-refractivity contribution in [3.63, 3.8) is 0 Å². The van der Waals surface area contributed by atoms with E-state index in [0.29, 0.717) is 10.7 Å². The van der Waals surface area contributed by atoms with E-state index in [1.165, 1.54) is 43.0 Å². The predicted molar refractivity (Wildman–Crippen MR) is 207 cm³/mol. The summed E-state index contributed by atoms with van der Waals surface area (Å²) in [5.74, 6) is -5.28. The van der Waals surface area contributed by atoms with E-state index in [1.54, 1.807) is 6.26 Å². The van der Waals surface area contributed by atoms with Gasteiger partial charge in [-0.15, -0.1) is 11.8 Å². The molecule has 2 aromatic heterocycles. The number of hydrogen-bond acceptors (Lipinski definition) is 7. The van der Waals surface area contributed by atoms with Crippen LogP contribution in [0.1, 0.15) is 43.6 Å². The summed E-state index contributed by atoms with van der Waals surface area (Å²) in [5, 5.41) is 8.86. The third-order valence-corrected chi connectivity index (χ3v) is 12.8. The zero-order valence-corrected chi connectivity index (χ0v) is 33.7. The van der Waals surface area contributed by atoms with Gasteiger partial charge in [0.25, 0.3) is 5.92 Å². The first kappa shape index (κ1) is 42.3. The number of halogens is 11. The number of thioether (sulfide) groups is 1. The van der Waals surface area contributed by atoms with E-state index in [4.69, 9.17) is 16.6 Å². The van der Waals surface area contributed by atoms with Crippen LogP contribution in [-0.2, 0) is 13.0 Å². The Kier molecular flexibility index (Phi) is 11.0. The Balaban J connectivity index is 1.48. The first-order valence-electron chi connectivity index (χ1n) is 17.9. The zero-order valence-electron chi connectivity index (χ0n) is 31.3. The third-order valence-electron chi connectivity index (χ3n) is 11.0. The molecular formula is C39H35ClF10N6S2. The lowest BCUT2D eigenvalue weighted by Crippen LogP contribution is -2.48. The SMILES string of the molecule is CSNc1nn(CC(F)(F)F)c2c(-c3ccc(C#CC(C)(C)SC)nc3C(Cc3cc(F)cc(F)c3)CN3N=C(C(F)(F)F)C4C5C(C)C5C(F)(F)C43)ccc(Cl)c12. The fourth-order valence-electron chi connectivity index (χ4n) is 8.47. The molecule has 2 fully saturated rings. The smallest absolute Gasteiger partial charge is 0.313 e. The van der Waals surface area contributed by atoms with Gasteiger partial charge in [-0.2, -0.15) is 36.5 Å². The number of pyridine rings is 1. The second-order valence-electron chi connectivity index (χ2n) is 15.2. The van der Waals surface area contributed by atoms with Crippen LogP contribution in [0.15, 0.2) is 47.6 Å². The number of anilines is 1. The first-order valence-corrected chi connectivity index (χ1v) is 20.8. The molecule has 3 heterocycles. The van der Waals surface area contributed by atoms with Crippen molar-refractivity contribution in [3.8, 4) is 23.0 Å². The fraction of sp³-hybridized carbons (Fsp3) is 0.462. The Bertz CT molecular complexity index is 2330. The molecule has 6 unspecified atom stereocenters. The van der Waals surface area contributed by atoms with Crippen molar-refractivity contribution in [1.82, 2.24) is 19.8 Å². The van der Waals surface area contributed by atoms with Crippen molar-refractivity contribution >= 4 is 57.7 Å². The van der Waals surface area contributed by atoms with Crippen LogP contribution in [0.5, 0.6) is 0 Å². The third kappa shape index (κ3) is 7.94. The molecule has 3 aliphatic rings. The molecule has 6 atom stereocenters. The summed E-state index contributed by atoms with van der Waals surface area (Å²) in [6.45, 7) is 2.99. The maximum atomic E-state index is 16.2. The van der Waals surface area contributed by atoms with Crippen molar-refractivity contribution in [2.45, 2.75) is 68.7 Å². The highest BCUT2D eigenvalue weighted by Crippen LogP contribution is 2.70. The van der Waals surface area contributed by atoms with Gasteiger partial charge in [0, 0.05) is 47.7 Å². The number of alkyl halides is 8. The number of aromatic nitrogens is 3. The van der Waals surface area contributed by atoms with E-state index < -0.39 is 89.1 Å². The van der Waals surface area contributed by atoms with Crippen LogP contribution in [0, 0.1) is 47.1 Å². The molecule has 19 heteroatoms. The van der Waals surface area contributed by atoms with Crippen molar-refractivity contribution in [2.24, 2.45) is 28.8 Å². The molecule has 2 saturated carbocycles. The largest absolute Gasteiger partial charge is 0.431 e. The van der Waals surface area contributed by atoms with Gasteiger partial charge in [0.05, 0.1) is 26.4 Å². The van der Waals surface area contributed by atoms with E-state index in [0.717, 1.165) is 29.1 Å². The first-order chi connectivity index (χ1) is 27.0. The van der Waals surface area contributed by atoms with Gasteiger partial charge in [0.15, 0.2) is 5.82 Å². The fourth-order valence-corrected chi connectivity index (χ4v) is 9.20. The molecule has 1 aliphatic heterocycles. The van der Waals surface area contributed by atoms with Crippen LogP contribution in [0.2, 0.25) is 5.02 Å². The standard InChI is InChI=1S/C39H35ClF10N6S2/c1-18-27-29-33(39(48,49)50)52-55(34(29)38(46,47)30(18)27)16-20(12-19-13-21(41)15-22(42)14-19)31-24(7-6-23(51-31)10-11-36(2,3)57-4)25-8-9-26(40)28-32(25)56(17-37(43,44)45)53-35(28)54-58-5/h6-9,13-15,18,20,27,29-30,34H,12,16-17H2,1-5H3,(H,53,54). The summed E-state index contributed by atoms with van der Waals surface area (Å²) in [5.41, 5.74) is -1.05. The molecule has 6 nitrogen and oxygen atoms in total. The van der Waals surface area contributed by atoms with E-state index >= 15 is 8.78 Å². The van der Waals surface area contributed by atoms with Gasteiger partial charge in [0.1, 0.15) is 35.6 Å². The normalized spacial score (nSPS) is 23.0. The maximum absolute atomic E-state index is 16.2. The van der Waals surface area contributed by atoms with Gasteiger partial charge in [0.2, 0.25) is 0 Å². The van der Waals surface area contributed by atoms with Crippen LogP contribution in [0.3, 0.4) is 0 Å². The van der Waals surface area contributed by atoms with Gasteiger partial charge in [-0.3, -0.25) is 9.69 Å². The highest BCUT2D eigenvalue weighted by atomic mass is 35.5. The lowest BCUT2D eigenvalue weighted by Gasteiger charge is -2.34. The Morgan fingerprint density at radius 3 is 2.28 bits per heavy atom. The molecule has 2 aromatic carbocycles. The van der Waals surface area contributed by atoms with Crippen LogP contribution in [0.25, 0.3) is 22.0 Å². The van der Waals surface area contributed by atoms with Gasteiger partial charge in [-0.05, 0) is 80.2 Å². The Labute approximate surface area is 340 Å². The number of hydrazone groups is 1. The predicted octanol–water partition coefficient (Wildman–Crippen LogP) is 10.9. The van der Waals surface area contributed by atoms with Gasteiger partial charge >= 0.3 is 12.4 Å². The molecule has 7 rings (SSSR count). The summed E-state index contributed by atoms with van der Waals surface area (Å²) in [6.07, 6.45) is -6.69. The van der Waals surface area contributed by atoms with Crippen molar-refractivity contribution in [3.05, 3.63) is 76.1 Å². The van der Waals surface area contributed by atoms with E-state index in [1.807, 2.05) is 20.1 Å². The summed E-state index contributed by atoms with van der Waals surface area (Å²) in [6, 6.07) is 6.49. The average molecular weight is 877 g/mol. The number of fused-ring (bicyclic) bond motifs is 4. The Morgan fingerprint density at radius 2 is 1.66 bits per heavy atom. The van der Waals surface area contributed by atoms with Crippen molar-refractivity contribution < 1.29 is 43.9 Å². The van der Waals surface area contributed by atoms with Crippen molar-refractivity contribution in [1.29, 1.82) is 0 Å². The summed E-state index contributed by atoms with van der Waals surface area (Å²) in [4.78, 5) is 4.81. The number of hydrogen-bond donors (Lipinski definition) is 1. The molecule has 0 spiro atoms. The molecule has 2 aliphatic carbocycles. The van der Waals surface area contributed by atoms with Crippen LogP contribution in [-0.4, -0.2) is 73.6 Å². The number of benzene rings is 2. The Morgan fingerprint density at radius 1 is 0.983 bits per heavy atom. The van der Waals surface area contributed by atoms with Crippen LogP contribution >= 0.6 is 35.3 Å². The number of rotatable bonds is 10. The second-order valence-corrected chi connectivity index (χ2v) is 17.7. The highest BCUT2D eigenvalue weighted by Gasteiger charge is 2.80. The minimum Gasteiger partial charge on any atom is -0.313 e. The molecule has 0 bridgehead atoms. The molecule has 0 saturated heterocycles. The van der Waals surface area contributed by atoms with E-state index in [2.05, 4.69) is 26.8 Å². The minimum absolute atomic E-state index is 0.00627. The maximum Gasteiger partial charge on any atom is 0.431 e. The molecule has 1 N–H and O–H groups in total. The lowest BCUT2D eigenvalue weighted by atomic mass is 9.87. The lowest BCUT2D eigenvalue weighted by molar-refractivity contribution is -0.141. The molecule has 310 valence electrons. The molecular weight excluding hydrogens is 842 g/mol. The Hall–Kier alpha value is -3.82. The van der Waals surface area contributed by atoms with Crippen molar-refractivity contribution in [2.75, 3.05) is 23.8 Å². The van der Waals surface area contributed by atoms with Crippen LogP contribution < -0.4 is 4.72 Å². The topological polar surface area (TPSA) is 58.3 Å². The quantitative estimate of drug-likeness (QED) is 0.0973. The zero-order chi connectivity index (χ0) is 42.3.